The van der Waals surface area contributed by atoms with Crippen LogP contribution in [0.3, 0.4) is 0 Å². The van der Waals surface area contributed by atoms with Gasteiger partial charge in [-0.15, -0.1) is 0 Å². The molecule has 1 amide bonds. The summed E-state index contributed by atoms with van der Waals surface area (Å²) in [6, 6.07) is 10.7. The molecule has 2 aromatic rings. The average molecular weight is 292 g/mol. The third-order valence-electron chi connectivity index (χ3n) is 2.55. The Kier molecular flexibility index (Phi) is 4.79. The molecule has 0 aliphatic rings. The molecule has 0 spiro atoms. The SMILES string of the molecule is CNc1ccc(OCC(=O)Nc2cccnc2Cl)cc1. The number of benzene rings is 1. The van der Waals surface area contributed by atoms with E-state index >= 15 is 0 Å². The molecule has 1 aromatic carbocycles. The van der Waals surface area contributed by atoms with Crippen molar-refractivity contribution in [1.82, 2.24) is 4.98 Å². The van der Waals surface area contributed by atoms with Crippen LogP contribution < -0.4 is 15.4 Å². The van der Waals surface area contributed by atoms with Crippen LogP contribution in [0.4, 0.5) is 11.4 Å². The maximum atomic E-state index is 11.7. The van der Waals surface area contributed by atoms with Gasteiger partial charge in [-0.1, -0.05) is 11.6 Å². The summed E-state index contributed by atoms with van der Waals surface area (Å²) in [7, 11) is 1.83. The lowest BCUT2D eigenvalue weighted by molar-refractivity contribution is -0.118. The number of ether oxygens (including phenoxy) is 1. The second-order valence-electron chi connectivity index (χ2n) is 3.95. The monoisotopic (exact) mass is 291 g/mol. The molecule has 0 atom stereocenters. The van der Waals surface area contributed by atoms with Crippen LogP contribution in [0.2, 0.25) is 5.15 Å². The van der Waals surface area contributed by atoms with E-state index in [9.17, 15) is 4.79 Å². The summed E-state index contributed by atoms with van der Waals surface area (Å²) >= 11 is 5.85. The van der Waals surface area contributed by atoms with Crippen LogP contribution in [0.5, 0.6) is 5.75 Å². The molecule has 0 unspecified atom stereocenters. The number of hydrogen-bond donors (Lipinski definition) is 2. The first-order valence-electron chi connectivity index (χ1n) is 6.00. The number of anilines is 2. The van der Waals surface area contributed by atoms with Gasteiger partial charge in [0.1, 0.15) is 5.75 Å². The molecular formula is C14H14ClN3O2. The molecule has 104 valence electrons. The number of aromatic nitrogens is 1. The van der Waals surface area contributed by atoms with E-state index in [1.165, 1.54) is 0 Å². The Morgan fingerprint density at radius 2 is 2.05 bits per heavy atom. The molecular weight excluding hydrogens is 278 g/mol. The summed E-state index contributed by atoms with van der Waals surface area (Å²) in [5.41, 5.74) is 1.44. The van der Waals surface area contributed by atoms with Gasteiger partial charge in [-0.25, -0.2) is 4.98 Å². The lowest BCUT2D eigenvalue weighted by Gasteiger charge is -2.08. The number of pyridine rings is 1. The lowest BCUT2D eigenvalue weighted by Crippen LogP contribution is -2.20. The Labute approximate surface area is 121 Å². The van der Waals surface area contributed by atoms with Crippen LogP contribution in [0, 0.1) is 0 Å². The number of nitrogens with one attached hydrogen (secondary N) is 2. The Morgan fingerprint density at radius 1 is 1.30 bits per heavy atom. The summed E-state index contributed by atoms with van der Waals surface area (Å²) in [4.78, 5) is 15.6. The number of nitrogens with zero attached hydrogens (tertiary/aromatic N) is 1. The standard InChI is InChI=1S/C14H14ClN3O2/c1-16-10-4-6-11(7-5-10)20-9-13(19)18-12-3-2-8-17-14(12)15/h2-8,16H,9H2,1H3,(H,18,19). The minimum Gasteiger partial charge on any atom is -0.484 e. The van der Waals surface area contributed by atoms with Gasteiger partial charge in [0.05, 0.1) is 5.69 Å². The van der Waals surface area contributed by atoms with Gasteiger partial charge in [-0.05, 0) is 36.4 Å². The minimum absolute atomic E-state index is 0.0931. The molecule has 5 nitrogen and oxygen atoms in total. The maximum Gasteiger partial charge on any atom is 0.262 e. The highest BCUT2D eigenvalue weighted by molar-refractivity contribution is 6.32. The Bertz CT molecular complexity index is 587. The zero-order valence-electron chi connectivity index (χ0n) is 10.9. The molecule has 1 aromatic heterocycles. The topological polar surface area (TPSA) is 63.2 Å². The van der Waals surface area contributed by atoms with E-state index in [2.05, 4.69) is 15.6 Å². The first-order valence-corrected chi connectivity index (χ1v) is 6.38. The van der Waals surface area contributed by atoms with E-state index in [0.717, 1.165) is 5.69 Å². The van der Waals surface area contributed by atoms with Gasteiger partial charge in [0, 0.05) is 18.9 Å². The molecule has 0 saturated carbocycles. The fraction of sp³-hybridized carbons (Fsp3) is 0.143. The van der Waals surface area contributed by atoms with E-state index in [0.29, 0.717) is 11.4 Å². The summed E-state index contributed by atoms with van der Waals surface area (Å²) in [5, 5.41) is 5.88. The number of hydrogen-bond acceptors (Lipinski definition) is 4. The second-order valence-corrected chi connectivity index (χ2v) is 4.31. The Morgan fingerprint density at radius 3 is 2.70 bits per heavy atom. The van der Waals surface area contributed by atoms with Gasteiger partial charge >= 0.3 is 0 Å². The smallest absolute Gasteiger partial charge is 0.262 e. The van der Waals surface area contributed by atoms with Crippen LogP contribution in [0.15, 0.2) is 42.6 Å². The molecule has 0 radical (unpaired) electrons. The number of halogens is 1. The summed E-state index contributed by atoms with van der Waals surface area (Å²) in [6.07, 6.45) is 1.55. The highest BCUT2D eigenvalue weighted by atomic mass is 35.5. The molecule has 0 saturated heterocycles. The third-order valence-corrected chi connectivity index (χ3v) is 2.85. The molecule has 2 N–H and O–H groups in total. The average Bonchev–Trinajstić information content (AvgIpc) is 2.48. The van der Waals surface area contributed by atoms with E-state index in [1.54, 1.807) is 30.5 Å². The fourth-order valence-corrected chi connectivity index (χ4v) is 1.70. The van der Waals surface area contributed by atoms with E-state index in [1.807, 2.05) is 19.2 Å². The van der Waals surface area contributed by atoms with E-state index in [-0.39, 0.29) is 17.7 Å². The van der Waals surface area contributed by atoms with Crippen molar-refractivity contribution in [2.24, 2.45) is 0 Å². The van der Waals surface area contributed by atoms with Gasteiger partial charge in [0.2, 0.25) is 0 Å². The van der Waals surface area contributed by atoms with Crippen LogP contribution in [-0.4, -0.2) is 24.5 Å². The van der Waals surface area contributed by atoms with Crippen LogP contribution >= 0.6 is 11.6 Å². The third kappa shape index (κ3) is 3.86. The molecule has 1 heterocycles. The van der Waals surface area contributed by atoms with Crippen LogP contribution in [0.25, 0.3) is 0 Å². The minimum atomic E-state index is -0.294. The van der Waals surface area contributed by atoms with Crippen molar-refractivity contribution in [2.45, 2.75) is 0 Å². The number of carbonyl (C=O) groups is 1. The fourth-order valence-electron chi connectivity index (χ4n) is 1.53. The van der Waals surface area contributed by atoms with Gasteiger partial charge in [0.25, 0.3) is 5.91 Å². The van der Waals surface area contributed by atoms with Crippen molar-refractivity contribution in [2.75, 3.05) is 24.3 Å². The largest absolute Gasteiger partial charge is 0.484 e. The predicted octanol–water partition coefficient (Wildman–Crippen LogP) is 2.79. The Balaban J connectivity index is 1.87. The van der Waals surface area contributed by atoms with Crippen LogP contribution in [-0.2, 0) is 4.79 Å². The molecule has 0 aliphatic carbocycles. The first-order chi connectivity index (χ1) is 9.69. The van der Waals surface area contributed by atoms with E-state index in [4.69, 9.17) is 16.3 Å². The second kappa shape index (κ2) is 6.77. The predicted molar refractivity (Wildman–Crippen MR) is 79.4 cm³/mol. The molecule has 0 bridgehead atoms. The normalized spacial score (nSPS) is 9.90. The lowest BCUT2D eigenvalue weighted by atomic mass is 10.3. The van der Waals surface area contributed by atoms with Crippen molar-refractivity contribution in [3.63, 3.8) is 0 Å². The molecule has 0 fully saturated rings. The quantitative estimate of drug-likeness (QED) is 0.832. The molecule has 6 heteroatoms. The van der Waals surface area contributed by atoms with Gasteiger partial charge in [-0.2, -0.15) is 0 Å². The van der Waals surface area contributed by atoms with Crippen LogP contribution in [0.1, 0.15) is 0 Å². The number of carbonyl (C=O) groups excluding carboxylic acids is 1. The highest BCUT2D eigenvalue weighted by Gasteiger charge is 2.06. The van der Waals surface area contributed by atoms with Gasteiger partial charge in [0.15, 0.2) is 11.8 Å². The van der Waals surface area contributed by atoms with Crippen molar-refractivity contribution >= 4 is 28.9 Å². The zero-order chi connectivity index (χ0) is 14.4. The highest BCUT2D eigenvalue weighted by Crippen LogP contribution is 2.18. The van der Waals surface area contributed by atoms with Crippen molar-refractivity contribution in [3.05, 3.63) is 47.7 Å². The van der Waals surface area contributed by atoms with Crippen molar-refractivity contribution in [1.29, 1.82) is 0 Å². The van der Waals surface area contributed by atoms with Gasteiger partial charge in [-0.3, -0.25) is 4.79 Å². The molecule has 20 heavy (non-hydrogen) atoms. The summed E-state index contributed by atoms with van der Waals surface area (Å²) in [5.74, 6) is 0.328. The maximum absolute atomic E-state index is 11.7. The number of rotatable bonds is 5. The summed E-state index contributed by atoms with van der Waals surface area (Å²) < 4.78 is 5.38. The summed E-state index contributed by atoms with van der Waals surface area (Å²) in [6.45, 7) is -0.0931. The molecule has 2 rings (SSSR count). The zero-order valence-corrected chi connectivity index (χ0v) is 11.6. The molecule has 0 aliphatic heterocycles. The number of amides is 1. The van der Waals surface area contributed by atoms with Crippen molar-refractivity contribution in [3.8, 4) is 5.75 Å². The van der Waals surface area contributed by atoms with E-state index < -0.39 is 0 Å². The van der Waals surface area contributed by atoms with Crippen molar-refractivity contribution < 1.29 is 9.53 Å². The Hall–Kier alpha value is -2.27. The first kappa shape index (κ1) is 14.1. The van der Waals surface area contributed by atoms with Gasteiger partial charge < -0.3 is 15.4 Å².